The third-order valence-electron chi connectivity index (χ3n) is 5.08. The zero-order chi connectivity index (χ0) is 19.8. The van der Waals surface area contributed by atoms with Gasteiger partial charge in [-0.3, -0.25) is 19.6 Å². The van der Waals surface area contributed by atoms with E-state index in [0.717, 1.165) is 50.7 Å². The molecule has 5 heterocycles. The first-order chi connectivity index (χ1) is 14.2. The molecule has 3 saturated heterocycles. The molecule has 8 heteroatoms. The van der Waals surface area contributed by atoms with Crippen molar-refractivity contribution in [3.8, 4) is 11.4 Å². The number of aromatic nitrogens is 2. The summed E-state index contributed by atoms with van der Waals surface area (Å²) < 4.78 is 0. The molecule has 2 aromatic rings. The summed E-state index contributed by atoms with van der Waals surface area (Å²) in [6.45, 7) is 5.41. The van der Waals surface area contributed by atoms with Crippen LogP contribution < -0.4 is 0 Å². The van der Waals surface area contributed by atoms with Crippen LogP contribution in [-0.4, -0.2) is 75.5 Å². The summed E-state index contributed by atoms with van der Waals surface area (Å²) in [4.78, 5) is 38.8. The summed E-state index contributed by atoms with van der Waals surface area (Å²) in [5.41, 5.74) is 3.72. The van der Waals surface area contributed by atoms with Crippen molar-refractivity contribution in [3.05, 3.63) is 72.0 Å². The quantitative estimate of drug-likeness (QED) is 0.400. The van der Waals surface area contributed by atoms with E-state index in [2.05, 4.69) is 9.97 Å². The average Bonchev–Trinajstić information content (AvgIpc) is 3.60. The Kier molecular flexibility index (Phi) is 5.79. The zero-order valence-electron chi connectivity index (χ0n) is 16.3. The summed E-state index contributed by atoms with van der Waals surface area (Å²) >= 11 is 0. The van der Waals surface area contributed by atoms with E-state index in [0.29, 0.717) is 17.1 Å². The van der Waals surface area contributed by atoms with Gasteiger partial charge in [0.25, 0.3) is 0 Å². The van der Waals surface area contributed by atoms with E-state index in [9.17, 15) is 9.59 Å². The first-order valence-corrected chi connectivity index (χ1v) is 9.84. The van der Waals surface area contributed by atoms with Crippen LogP contribution in [0.1, 0.15) is 0 Å². The minimum absolute atomic E-state index is 0. The third kappa shape index (κ3) is 4.35. The van der Waals surface area contributed by atoms with Gasteiger partial charge in [0.05, 0.1) is 17.1 Å². The SMILES string of the molecule is O=C1C=C(N2CC2)C(=O)C(N2CC2)=C1N1CC1.[Ir].c1ccc(-c2ccccn2)nc1. The maximum atomic E-state index is 12.4. The van der Waals surface area contributed by atoms with Crippen LogP contribution in [0.2, 0.25) is 0 Å². The number of hydrogen-bond donors (Lipinski definition) is 0. The van der Waals surface area contributed by atoms with Crippen LogP contribution in [0.3, 0.4) is 0 Å². The third-order valence-corrected chi connectivity index (χ3v) is 5.08. The van der Waals surface area contributed by atoms with E-state index in [-0.39, 0.29) is 31.7 Å². The Morgan fingerprint density at radius 2 is 1.17 bits per heavy atom. The number of ketones is 2. The second-order valence-electron chi connectivity index (χ2n) is 7.31. The normalized spacial score (nSPS) is 18.9. The Labute approximate surface area is 188 Å². The van der Waals surface area contributed by atoms with Crippen molar-refractivity contribution < 1.29 is 29.7 Å². The zero-order valence-corrected chi connectivity index (χ0v) is 18.7. The van der Waals surface area contributed by atoms with Crippen LogP contribution in [0.25, 0.3) is 11.4 Å². The summed E-state index contributed by atoms with van der Waals surface area (Å²) in [5.74, 6) is 0.0485. The number of carbonyl (C=O) groups is 2. The predicted octanol–water partition coefficient (Wildman–Crippen LogP) is 1.32. The van der Waals surface area contributed by atoms with Crippen LogP contribution in [0, 0.1) is 0 Å². The first-order valence-electron chi connectivity index (χ1n) is 9.84. The Morgan fingerprint density at radius 1 is 0.667 bits per heavy atom. The van der Waals surface area contributed by atoms with Crippen molar-refractivity contribution in [3.63, 3.8) is 0 Å². The van der Waals surface area contributed by atoms with Crippen molar-refractivity contribution >= 4 is 11.6 Å². The van der Waals surface area contributed by atoms with Gasteiger partial charge in [-0.1, -0.05) is 12.1 Å². The minimum atomic E-state index is 0. The van der Waals surface area contributed by atoms with Crippen LogP contribution in [0.5, 0.6) is 0 Å². The fraction of sp³-hybridized carbons (Fsp3) is 0.273. The Bertz CT molecular complexity index is 973. The molecule has 0 N–H and O–H groups in total. The first kappa shape index (κ1) is 20.4. The summed E-state index contributed by atoms with van der Waals surface area (Å²) in [6.07, 6.45) is 5.06. The van der Waals surface area contributed by atoms with E-state index in [1.54, 1.807) is 12.4 Å². The minimum Gasteiger partial charge on any atom is -0.365 e. The number of pyridine rings is 2. The summed E-state index contributed by atoms with van der Waals surface area (Å²) in [5, 5.41) is 0. The molecule has 1 radical (unpaired) electrons. The standard InChI is InChI=1S/C12H13N3O2.C10H8N2.Ir/c16-9-7-8(13-1-2-13)12(17)11(15-5-6-15)10(9)14-3-4-14;1-3-7-11-9(5-1)10-6-2-4-8-12-10;/h7H,1-6H2;1-8H;. The smallest absolute Gasteiger partial charge is 0.227 e. The molecule has 4 aliphatic rings. The fourth-order valence-electron chi connectivity index (χ4n) is 3.30. The van der Waals surface area contributed by atoms with Gasteiger partial charge in [-0.2, -0.15) is 0 Å². The van der Waals surface area contributed by atoms with Gasteiger partial charge < -0.3 is 14.7 Å². The summed E-state index contributed by atoms with van der Waals surface area (Å²) in [7, 11) is 0. The van der Waals surface area contributed by atoms with Gasteiger partial charge in [-0.15, -0.1) is 0 Å². The molecule has 0 unspecified atom stereocenters. The van der Waals surface area contributed by atoms with Gasteiger partial charge in [0.2, 0.25) is 11.6 Å². The van der Waals surface area contributed by atoms with Gasteiger partial charge in [0.15, 0.2) is 0 Å². The molecule has 2 aromatic heterocycles. The summed E-state index contributed by atoms with van der Waals surface area (Å²) in [6, 6.07) is 11.6. The van der Waals surface area contributed by atoms with E-state index >= 15 is 0 Å². The molecule has 0 atom stereocenters. The van der Waals surface area contributed by atoms with Crippen LogP contribution in [-0.2, 0) is 29.7 Å². The Hall–Kier alpha value is -2.83. The molecule has 155 valence electrons. The van der Waals surface area contributed by atoms with Crippen LogP contribution in [0.15, 0.2) is 72.0 Å². The molecule has 0 bridgehead atoms. The number of allylic oxidation sites excluding steroid dienone is 1. The molecule has 30 heavy (non-hydrogen) atoms. The Balaban J connectivity index is 0.000000149. The molecule has 0 amide bonds. The topological polar surface area (TPSA) is 68.9 Å². The molecule has 6 rings (SSSR count). The second kappa shape index (κ2) is 8.50. The molecular formula is C22H21IrN5O2. The van der Waals surface area contributed by atoms with Crippen LogP contribution in [0.4, 0.5) is 0 Å². The monoisotopic (exact) mass is 580 g/mol. The van der Waals surface area contributed by atoms with Gasteiger partial charge in [-0.25, -0.2) is 0 Å². The Morgan fingerprint density at radius 3 is 1.60 bits per heavy atom. The maximum Gasteiger partial charge on any atom is 0.227 e. The fourth-order valence-corrected chi connectivity index (χ4v) is 3.30. The molecule has 0 spiro atoms. The van der Waals surface area contributed by atoms with Crippen molar-refractivity contribution in [2.75, 3.05) is 39.3 Å². The molecule has 3 aliphatic heterocycles. The molecule has 0 saturated carbocycles. The molecular weight excluding hydrogens is 558 g/mol. The van der Waals surface area contributed by atoms with Gasteiger partial charge in [0, 0.05) is 77.8 Å². The second-order valence-corrected chi connectivity index (χ2v) is 7.31. The van der Waals surface area contributed by atoms with Gasteiger partial charge in [0.1, 0.15) is 11.4 Å². The van der Waals surface area contributed by atoms with E-state index in [1.165, 1.54) is 6.08 Å². The van der Waals surface area contributed by atoms with Crippen molar-refractivity contribution in [2.45, 2.75) is 0 Å². The van der Waals surface area contributed by atoms with E-state index < -0.39 is 0 Å². The predicted molar refractivity (Wildman–Crippen MR) is 107 cm³/mol. The van der Waals surface area contributed by atoms with E-state index in [1.807, 2.05) is 51.1 Å². The van der Waals surface area contributed by atoms with Crippen LogP contribution >= 0.6 is 0 Å². The number of nitrogens with zero attached hydrogens (tertiary/aromatic N) is 5. The molecule has 0 aromatic carbocycles. The van der Waals surface area contributed by atoms with Gasteiger partial charge >= 0.3 is 0 Å². The maximum absolute atomic E-state index is 12.4. The van der Waals surface area contributed by atoms with Gasteiger partial charge in [-0.05, 0) is 24.3 Å². The number of carbonyl (C=O) groups excluding carboxylic acids is 2. The number of Topliss-reactive ketones (excluding diaryl/α,β-unsaturated/α-hetero) is 1. The van der Waals surface area contributed by atoms with Crippen molar-refractivity contribution in [1.82, 2.24) is 24.7 Å². The molecule has 7 nitrogen and oxygen atoms in total. The van der Waals surface area contributed by atoms with Crippen molar-refractivity contribution in [1.29, 1.82) is 0 Å². The number of hydrogen-bond acceptors (Lipinski definition) is 7. The number of rotatable bonds is 4. The largest absolute Gasteiger partial charge is 0.365 e. The average molecular weight is 580 g/mol. The van der Waals surface area contributed by atoms with E-state index in [4.69, 9.17) is 0 Å². The molecule has 3 fully saturated rings. The van der Waals surface area contributed by atoms with Crippen molar-refractivity contribution in [2.24, 2.45) is 0 Å². The molecule has 1 aliphatic carbocycles.